The number of hydrogen-bond acceptors (Lipinski definition) is 3. The van der Waals surface area contributed by atoms with E-state index in [1.165, 1.54) is 0 Å². The largest absolute Gasteiger partial charge is 0.325 e. The molecule has 0 aliphatic rings. The van der Waals surface area contributed by atoms with Gasteiger partial charge in [0.1, 0.15) is 0 Å². The van der Waals surface area contributed by atoms with E-state index in [2.05, 4.69) is 15.5 Å². The van der Waals surface area contributed by atoms with E-state index in [1.54, 1.807) is 0 Å². The molecule has 2 N–H and O–H groups in total. The summed E-state index contributed by atoms with van der Waals surface area (Å²) < 4.78 is 0. The molecule has 0 unspecified atom stereocenters. The third-order valence-corrected chi connectivity index (χ3v) is 2.66. The van der Waals surface area contributed by atoms with Gasteiger partial charge in [-0.3, -0.25) is 4.79 Å². The zero-order valence-electron chi connectivity index (χ0n) is 11.5. The number of carbonyl (C=O) groups is 1. The number of para-hydroxylation sites is 1. The molecule has 18 heavy (non-hydrogen) atoms. The number of amides is 1. The Labute approximate surface area is 109 Å². The fourth-order valence-electron chi connectivity index (χ4n) is 1.63. The molecular weight excluding hydrogens is 226 g/mol. The molecule has 0 aromatic heterocycles. The van der Waals surface area contributed by atoms with Crippen LogP contribution in [0.1, 0.15) is 12.0 Å². The van der Waals surface area contributed by atoms with Crippen molar-refractivity contribution in [2.45, 2.75) is 13.3 Å². The summed E-state index contributed by atoms with van der Waals surface area (Å²) >= 11 is 0. The van der Waals surface area contributed by atoms with Crippen molar-refractivity contribution >= 4 is 11.6 Å². The Morgan fingerprint density at radius 2 is 2.00 bits per heavy atom. The van der Waals surface area contributed by atoms with Crippen LogP contribution in [0, 0.1) is 6.92 Å². The highest BCUT2D eigenvalue weighted by molar-refractivity contribution is 5.92. The summed E-state index contributed by atoms with van der Waals surface area (Å²) in [4.78, 5) is 13.8. The molecule has 0 heterocycles. The van der Waals surface area contributed by atoms with E-state index < -0.39 is 0 Å². The Bertz CT molecular complexity index is 377. The lowest BCUT2D eigenvalue weighted by molar-refractivity contribution is -0.115. The molecule has 4 heteroatoms. The first-order valence-corrected chi connectivity index (χ1v) is 6.30. The van der Waals surface area contributed by atoms with Crippen LogP contribution in [-0.2, 0) is 4.79 Å². The average molecular weight is 249 g/mol. The molecular formula is C14H23N3O. The van der Waals surface area contributed by atoms with Crippen LogP contribution >= 0.6 is 0 Å². The summed E-state index contributed by atoms with van der Waals surface area (Å²) in [5.41, 5.74) is 1.97. The molecule has 0 saturated heterocycles. The van der Waals surface area contributed by atoms with E-state index in [0.717, 1.165) is 30.8 Å². The second-order valence-corrected chi connectivity index (χ2v) is 4.70. The molecule has 0 radical (unpaired) electrons. The number of aryl methyl sites for hydroxylation is 1. The van der Waals surface area contributed by atoms with Gasteiger partial charge in [0.25, 0.3) is 0 Å². The van der Waals surface area contributed by atoms with Crippen molar-refractivity contribution in [3.8, 4) is 0 Å². The van der Waals surface area contributed by atoms with Gasteiger partial charge in [-0.15, -0.1) is 0 Å². The second-order valence-electron chi connectivity index (χ2n) is 4.70. The molecule has 100 valence electrons. The molecule has 0 spiro atoms. The highest BCUT2D eigenvalue weighted by Gasteiger charge is 2.03. The van der Waals surface area contributed by atoms with Gasteiger partial charge >= 0.3 is 0 Å². The van der Waals surface area contributed by atoms with E-state index in [0.29, 0.717) is 6.54 Å². The molecule has 0 bridgehead atoms. The predicted octanol–water partition coefficient (Wildman–Crippen LogP) is 1.47. The Kier molecular flexibility index (Phi) is 6.39. The Balaban J connectivity index is 2.20. The molecule has 1 rings (SSSR count). The van der Waals surface area contributed by atoms with Gasteiger partial charge in [-0.05, 0) is 52.2 Å². The van der Waals surface area contributed by atoms with Crippen LogP contribution < -0.4 is 10.6 Å². The lowest BCUT2D eigenvalue weighted by atomic mass is 10.2. The summed E-state index contributed by atoms with van der Waals surface area (Å²) in [6.45, 7) is 4.24. The SMILES string of the molecule is Cc1ccccc1NC(=O)CNCCCN(C)C. The van der Waals surface area contributed by atoms with Crippen LogP contribution in [0.25, 0.3) is 0 Å². The first kappa shape index (κ1) is 14.7. The average Bonchev–Trinajstić information content (AvgIpc) is 2.31. The van der Waals surface area contributed by atoms with Gasteiger partial charge in [-0.25, -0.2) is 0 Å². The zero-order chi connectivity index (χ0) is 13.4. The van der Waals surface area contributed by atoms with Gasteiger partial charge in [0.05, 0.1) is 6.54 Å². The van der Waals surface area contributed by atoms with E-state index in [1.807, 2.05) is 45.3 Å². The van der Waals surface area contributed by atoms with Gasteiger partial charge in [0, 0.05) is 5.69 Å². The summed E-state index contributed by atoms with van der Waals surface area (Å²) in [5, 5.41) is 6.04. The molecule has 1 aromatic carbocycles. The molecule has 0 atom stereocenters. The number of anilines is 1. The first-order chi connectivity index (χ1) is 8.59. The molecule has 0 aliphatic carbocycles. The van der Waals surface area contributed by atoms with Crippen LogP contribution in [0.15, 0.2) is 24.3 Å². The smallest absolute Gasteiger partial charge is 0.238 e. The molecule has 1 amide bonds. The fraction of sp³-hybridized carbons (Fsp3) is 0.500. The Morgan fingerprint density at radius 1 is 1.28 bits per heavy atom. The predicted molar refractivity (Wildman–Crippen MR) is 75.8 cm³/mol. The van der Waals surface area contributed by atoms with Gasteiger partial charge in [-0.1, -0.05) is 18.2 Å². The normalized spacial score (nSPS) is 10.7. The molecule has 0 saturated carbocycles. The van der Waals surface area contributed by atoms with Crippen LogP contribution in [0.5, 0.6) is 0 Å². The number of benzene rings is 1. The summed E-state index contributed by atoms with van der Waals surface area (Å²) in [5.74, 6) is 0.00848. The zero-order valence-corrected chi connectivity index (χ0v) is 11.5. The van der Waals surface area contributed by atoms with E-state index in [-0.39, 0.29) is 5.91 Å². The third kappa shape index (κ3) is 5.80. The minimum atomic E-state index is 0.00848. The van der Waals surface area contributed by atoms with E-state index >= 15 is 0 Å². The quantitative estimate of drug-likeness (QED) is 0.719. The van der Waals surface area contributed by atoms with Crippen molar-refractivity contribution in [2.75, 3.05) is 39.0 Å². The third-order valence-electron chi connectivity index (χ3n) is 2.66. The highest BCUT2D eigenvalue weighted by Crippen LogP contribution is 2.12. The van der Waals surface area contributed by atoms with Gasteiger partial charge in [-0.2, -0.15) is 0 Å². The molecule has 1 aromatic rings. The lowest BCUT2D eigenvalue weighted by Crippen LogP contribution is -2.30. The summed E-state index contributed by atoms with van der Waals surface area (Å²) in [6.07, 6.45) is 1.05. The van der Waals surface area contributed by atoms with Crippen molar-refractivity contribution in [2.24, 2.45) is 0 Å². The number of nitrogens with zero attached hydrogens (tertiary/aromatic N) is 1. The van der Waals surface area contributed by atoms with Crippen molar-refractivity contribution in [1.82, 2.24) is 10.2 Å². The maximum Gasteiger partial charge on any atom is 0.238 e. The summed E-state index contributed by atoms with van der Waals surface area (Å²) in [7, 11) is 4.09. The lowest BCUT2D eigenvalue weighted by Gasteiger charge is -2.10. The number of hydrogen-bond donors (Lipinski definition) is 2. The van der Waals surface area contributed by atoms with Crippen molar-refractivity contribution in [3.05, 3.63) is 29.8 Å². The number of rotatable bonds is 7. The van der Waals surface area contributed by atoms with Crippen molar-refractivity contribution < 1.29 is 4.79 Å². The number of nitrogens with one attached hydrogen (secondary N) is 2. The Hall–Kier alpha value is -1.39. The van der Waals surface area contributed by atoms with Crippen LogP contribution in [0.4, 0.5) is 5.69 Å². The second kappa shape index (κ2) is 7.84. The monoisotopic (exact) mass is 249 g/mol. The van der Waals surface area contributed by atoms with Crippen LogP contribution in [-0.4, -0.2) is 44.5 Å². The van der Waals surface area contributed by atoms with Gasteiger partial charge in [0.2, 0.25) is 5.91 Å². The number of carbonyl (C=O) groups excluding carboxylic acids is 1. The van der Waals surface area contributed by atoms with E-state index in [4.69, 9.17) is 0 Å². The minimum absolute atomic E-state index is 0.00848. The summed E-state index contributed by atoms with van der Waals surface area (Å²) in [6, 6.07) is 7.79. The standard InChI is InChI=1S/C14H23N3O/c1-12-7-4-5-8-13(12)16-14(18)11-15-9-6-10-17(2)3/h4-5,7-8,15H,6,9-11H2,1-3H3,(H,16,18). The maximum absolute atomic E-state index is 11.7. The van der Waals surface area contributed by atoms with Gasteiger partial charge < -0.3 is 15.5 Å². The topological polar surface area (TPSA) is 44.4 Å². The Morgan fingerprint density at radius 3 is 2.67 bits per heavy atom. The molecule has 0 aliphatic heterocycles. The van der Waals surface area contributed by atoms with Crippen LogP contribution in [0.3, 0.4) is 0 Å². The molecule has 0 fully saturated rings. The van der Waals surface area contributed by atoms with Gasteiger partial charge in [0.15, 0.2) is 0 Å². The fourth-order valence-corrected chi connectivity index (χ4v) is 1.63. The van der Waals surface area contributed by atoms with Crippen molar-refractivity contribution in [3.63, 3.8) is 0 Å². The maximum atomic E-state index is 11.7. The van der Waals surface area contributed by atoms with Crippen molar-refractivity contribution in [1.29, 1.82) is 0 Å². The van der Waals surface area contributed by atoms with Crippen LogP contribution in [0.2, 0.25) is 0 Å². The minimum Gasteiger partial charge on any atom is -0.325 e. The molecule has 4 nitrogen and oxygen atoms in total. The van der Waals surface area contributed by atoms with E-state index in [9.17, 15) is 4.79 Å². The highest BCUT2D eigenvalue weighted by atomic mass is 16.1. The first-order valence-electron chi connectivity index (χ1n) is 6.30.